The van der Waals surface area contributed by atoms with E-state index in [1.54, 1.807) is 6.07 Å². The quantitative estimate of drug-likeness (QED) is 0.865. The normalized spacial score (nSPS) is 10.6. The largest absolute Gasteiger partial charge is 0.326 e. The van der Waals surface area contributed by atoms with Gasteiger partial charge in [0, 0.05) is 6.54 Å². The van der Waals surface area contributed by atoms with Crippen LogP contribution in [0.4, 0.5) is 4.39 Å². The average Bonchev–Trinajstić information content (AvgIpc) is 2.40. The summed E-state index contributed by atoms with van der Waals surface area (Å²) >= 11 is 0. The van der Waals surface area contributed by atoms with Crippen LogP contribution in [0.1, 0.15) is 24.5 Å². The number of hydrogen-bond acceptors (Lipinski definition) is 1. The van der Waals surface area contributed by atoms with Crippen molar-refractivity contribution in [1.29, 1.82) is 0 Å². The first-order valence-corrected chi connectivity index (χ1v) is 6.32. The topological polar surface area (TPSA) is 26.0 Å². The monoisotopic (exact) mass is 243 g/mol. The number of aryl methyl sites for hydroxylation is 1. The molecule has 0 fully saturated rings. The maximum atomic E-state index is 13.2. The van der Waals surface area contributed by atoms with Crippen molar-refractivity contribution in [2.24, 2.45) is 5.73 Å². The fourth-order valence-electron chi connectivity index (χ4n) is 2.15. The van der Waals surface area contributed by atoms with Crippen LogP contribution in [-0.2, 0) is 13.0 Å². The number of halogens is 1. The lowest BCUT2D eigenvalue weighted by Gasteiger charge is -2.09. The first-order chi connectivity index (χ1) is 8.74. The van der Waals surface area contributed by atoms with Crippen molar-refractivity contribution < 1.29 is 4.39 Å². The lowest BCUT2D eigenvalue weighted by Crippen LogP contribution is -1.99. The van der Waals surface area contributed by atoms with Gasteiger partial charge in [0.15, 0.2) is 0 Å². The third-order valence-electron chi connectivity index (χ3n) is 3.09. The molecule has 0 saturated heterocycles. The van der Waals surface area contributed by atoms with Gasteiger partial charge >= 0.3 is 0 Å². The Hall–Kier alpha value is -1.67. The van der Waals surface area contributed by atoms with Crippen molar-refractivity contribution in [3.8, 4) is 11.1 Å². The summed E-state index contributed by atoms with van der Waals surface area (Å²) in [6, 6.07) is 13.2. The van der Waals surface area contributed by atoms with E-state index in [0.717, 1.165) is 29.5 Å². The predicted molar refractivity (Wildman–Crippen MR) is 73.7 cm³/mol. The van der Waals surface area contributed by atoms with Crippen LogP contribution in [0.3, 0.4) is 0 Å². The summed E-state index contributed by atoms with van der Waals surface area (Å²) < 4.78 is 13.2. The second-order valence-corrected chi connectivity index (χ2v) is 4.45. The molecule has 0 atom stereocenters. The lowest BCUT2D eigenvalue weighted by molar-refractivity contribution is 0.625. The molecular weight excluding hydrogens is 225 g/mol. The molecule has 0 radical (unpaired) electrons. The summed E-state index contributed by atoms with van der Waals surface area (Å²) in [5, 5.41) is 0. The van der Waals surface area contributed by atoms with Gasteiger partial charge < -0.3 is 5.73 Å². The zero-order valence-electron chi connectivity index (χ0n) is 10.6. The van der Waals surface area contributed by atoms with E-state index in [9.17, 15) is 4.39 Å². The zero-order valence-corrected chi connectivity index (χ0v) is 10.6. The smallest absolute Gasteiger partial charge is 0.123 e. The Kier molecular flexibility index (Phi) is 4.11. The molecule has 0 unspecified atom stereocenters. The van der Waals surface area contributed by atoms with Crippen LogP contribution < -0.4 is 5.73 Å². The molecule has 0 amide bonds. The molecule has 2 heteroatoms. The van der Waals surface area contributed by atoms with Crippen LogP contribution in [0, 0.1) is 5.82 Å². The summed E-state index contributed by atoms with van der Waals surface area (Å²) in [5.74, 6) is -0.234. The molecule has 0 bridgehead atoms. The molecule has 18 heavy (non-hydrogen) atoms. The average molecular weight is 243 g/mol. The van der Waals surface area contributed by atoms with Crippen molar-refractivity contribution in [1.82, 2.24) is 0 Å². The Morgan fingerprint density at radius 3 is 2.39 bits per heavy atom. The highest BCUT2D eigenvalue weighted by atomic mass is 19.1. The number of hydrogen-bond donors (Lipinski definition) is 1. The molecule has 0 heterocycles. The highest BCUT2D eigenvalue weighted by molar-refractivity contribution is 5.67. The molecular formula is C16H18FN. The van der Waals surface area contributed by atoms with Gasteiger partial charge in [0.25, 0.3) is 0 Å². The second-order valence-electron chi connectivity index (χ2n) is 4.45. The van der Waals surface area contributed by atoms with Gasteiger partial charge in [-0.3, -0.25) is 0 Å². The molecule has 94 valence electrons. The van der Waals surface area contributed by atoms with Crippen LogP contribution in [0.5, 0.6) is 0 Å². The van der Waals surface area contributed by atoms with Crippen molar-refractivity contribution >= 4 is 0 Å². The van der Waals surface area contributed by atoms with Crippen molar-refractivity contribution in [3.63, 3.8) is 0 Å². The number of nitrogens with two attached hydrogens (primary N) is 1. The lowest BCUT2D eigenvalue weighted by atomic mass is 9.98. The van der Waals surface area contributed by atoms with Gasteiger partial charge in [-0.2, -0.15) is 0 Å². The van der Waals surface area contributed by atoms with E-state index < -0.39 is 0 Å². The summed E-state index contributed by atoms with van der Waals surface area (Å²) in [7, 11) is 0. The molecule has 0 aliphatic carbocycles. The van der Waals surface area contributed by atoms with Crippen LogP contribution >= 0.6 is 0 Å². The van der Waals surface area contributed by atoms with E-state index in [1.165, 1.54) is 17.7 Å². The van der Waals surface area contributed by atoms with Gasteiger partial charge in [-0.1, -0.05) is 43.7 Å². The highest BCUT2D eigenvalue weighted by Crippen LogP contribution is 2.25. The van der Waals surface area contributed by atoms with Crippen LogP contribution in [0.25, 0.3) is 11.1 Å². The maximum absolute atomic E-state index is 13.2. The summed E-state index contributed by atoms with van der Waals surface area (Å²) in [6.07, 6.45) is 2.23. The predicted octanol–water partition coefficient (Wildman–Crippen LogP) is 3.90. The summed E-state index contributed by atoms with van der Waals surface area (Å²) in [5.41, 5.74) is 9.95. The Bertz CT molecular complexity index is 517. The molecule has 0 aromatic heterocycles. The third-order valence-corrected chi connectivity index (χ3v) is 3.09. The van der Waals surface area contributed by atoms with E-state index in [0.29, 0.717) is 6.54 Å². The van der Waals surface area contributed by atoms with Gasteiger partial charge in [-0.05, 0) is 40.8 Å². The summed E-state index contributed by atoms with van der Waals surface area (Å²) in [4.78, 5) is 0. The molecule has 0 spiro atoms. The molecule has 2 aromatic rings. The van der Waals surface area contributed by atoms with E-state index in [2.05, 4.69) is 31.2 Å². The fraction of sp³-hybridized carbons (Fsp3) is 0.250. The molecule has 0 saturated carbocycles. The van der Waals surface area contributed by atoms with Crippen molar-refractivity contribution in [2.45, 2.75) is 26.3 Å². The van der Waals surface area contributed by atoms with Crippen LogP contribution in [-0.4, -0.2) is 0 Å². The Morgan fingerprint density at radius 1 is 1.06 bits per heavy atom. The zero-order chi connectivity index (χ0) is 13.0. The van der Waals surface area contributed by atoms with Gasteiger partial charge in [-0.15, -0.1) is 0 Å². The van der Waals surface area contributed by atoms with E-state index in [1.807, 2.05) is 0 Å². The summed E-state index contributed by atoms with van der Waals surface area (Å²) in [6.45, 7) is 2.52. The third kappa shape index (κ3) is 2.77. The first-order valence-electron chi connectivity index (χ1n) is 6.32. The number of rotatable bonds is 4. The fourth-order valence-corrected chi connectivity index (χ4v) is 2.15. The van der Waals surface area contributed by atoms with Crippen molar-refractivity contribution in [2.75, 3.05) is 0 Å². The molecule has 0 aliphatic rings. The Labute approximate surface area is 107 Å². The van der Waals surface area contributed by atoms with Gasteiger partial charge in [-0.25, -0.2) is 4.39 Å². The SMILES string of the molecule is CCCc1ccc(-c2ccc(F)cc2CN)cc1. The Morgan fingerprint density at radius 2 is 1.78 bits per heavy atom. The Balaban J connectivity index is 2.36. The highest BCUT2D eigenvalue weighted by Gasteiger charge is 2.05. The number of benzene rings is 2. The standard InChI is InChI=1S/C16H18FN/c1-2-3-12-4-6-13(7-5-12)16-9-8-15(17)10-14(16)11-18/h4-10H,2-3,11,18H2,1H3. The van der Waals surface area contributed by atoms with Gasteiger partial charge in [0.05, 0.1) is 0 Å². The van der Waals surface area contributed by atoms with Crippen LogP contribution in [0.15, 0.2) is 42.5 Å². The van der Waals surface area contributed by atoms with Crippen molar-refractivity contribution in [3.05, 3.63) is 59.4 Å². The van der Waals surface area contributed by atoms with Gasteiger partial charge in [0.2, 0.25) is 0 Å². The molecule has 2 rings (SSSR count). The van der Waals surface area contributed by atoms with E-state index in [-0.39, 0.29) is 5.82 Å². The minimum Gasteiger partial charge on any atom is -0.326 e. The van der Waals surface area contributed by atoms with Crippen LogP contribution in [0.2, 0.25) is 0 Å². The van der Waals surface area contributed by atoms with E-state index in [4.69, 9.17) is 5.73 Å². The second kappa shape index (κ2) is 5.78. The molecule has 0 aliphatic heterocycles. The minimum atomic E-state index is -0.234. The minimum absolute atomic E-state index is 0.234. The molecule has 2 N–H and O–H groups in total. The van der Waals surface area contributed by atoms with E-state index >= 15 is 0 Å². The molecule has 2 aromatic carbocycles. The maximum Gasteiger partial charge on any atom is 0.123 e. The molecule has 1 nitrogen and oxygen atoms in total. The first kappa shape index (κ1) is 12.8. The van der Waals surface area contributed by atoms with Gasteiger partial charge in [0.1, 0.15) is 5.82 Å².